The van der Waals surface area contributed by atoms with Gasteiger partial charge >= 0.3 is 0 Å². The lowest BCUT2D eigenvalue weighted by Crippen LogP contribution is -2.21. The normalized spacial score (nSPS) is 11.0. The van der Waals surface area contributed by atoms with Crippen molar-refractivity contribution in [3.8, 4) is 0 Å². The first-order valence-electron chi connectivity index (χ1n) is 6.42. The van der Waals surface area contributed by atoms with Gasteiger partial charge in [0.1, 0.15) is 0 Å². The van der Waals surface area contributed by atoms with E-state index in [-0.39, 0.29) is 44.1 Å². The SMILES string of the molecule is Cn1cc(C=O)c2nc3c(C=O)cn(C)c(=O)c3cc2c1=O. The molecule has 0 bridgehead atoms. The van der Waals surface area contributed by atoms with Crippen molar-refractivity contribution in [3.63, 3.8) is 0 Å². The van der Waals surface area contributed by atoms with Crippen molar-refractivity contribution in [2.24, 2.45) is 14.1 Å². The van der Waals surface area contributed by atoms with Crippen LogP contribution in [0.15, 0.2) is 28.0 Å². The van der Waals surface area contributed by atoms with Crippen molar-refractivity contribution in [2.75, 3.05) is 0 Å². The van der Waals surface area contributed by atoms with Gasteiger partial charge in [-0.3, -0.25) is 19.2 Å². The summed E-state index contributed by atoms with van der Waals surface area (Å²) in [6, 6.07) is 1.39. The number of hydrogen-bond donors (Lipinski definition) is 0. The van der Waals surface area contributed by atoms with Gasteiger partial charge in [-0.25, -0.2) is 4.98 Å². The van der Waals surface area contributed by atoms with E-state index in [1.165, 1.54) is 41.7 Å². The fourth-order valence-electron chi connectivity index (χ4n) is 2.49. The maximum Gasteiger partial charge on any atom is 0.259 e. The highest BCUT2D eigenvalue weighted by atomic mass is 16.1. The second-order valence-electron chi connectivity index (χ2n) is 5.02. The van der Waals surface area contributed by atoms with Crippen molar-refractivity contribution < 1.29 is 9.59 Å². The van der Waals surface area contributed by atoms with Gasteiger partial charge < -0.3 is 9.13 Å². The molecule has 0 spiro atoms. The second-order valence-corrected chi connectivity index (χ2v) is 5.02. The number of carbonyl (C=O) groups excluding carboxylic acids is 2. The van der Waals surface area contributed by atoms with Gasteiger partial charge in [0.05, 0.1) is 32.9 Å². The van der Waals surface area contributed by atoms with E-state index in [9.17, 15) is 19.2 Å². The lowest BCUT2D eigenvalue weighted by Gasteiger charge is -2.08. The van der Waals surface area contributed by atoms with E-state index in [2.05, 4.69) is 4.98 Å². The van der Waals surface area contributed by atoms with Crippen LogP contribution in [0.2, 0.25) is 0 Å². The van der Waals surface area contributed by atoms with Crippen molar-refractivity contribution in [1.82, 2.24) is 14.1 Å². The number of rotatable bonds is 2. The maximum atomic E-state index is 12.2. The Morgan fingerprint density at radius 3 is 1.64 bits per heavy atom. The third-order valence-corrected chi connectivity index (χ3v) is 3.59. The van der Waals surface area contributed by atoms with Crippen molar-refractivity contribution >= 4 is 34.4 Å². The molecular weight excluding hydrogens is 286 g/mol. The Morgan fingerprint density at radius 1 is 0.864 bits per heavy atom. The highest BCUT2D eigenvalue weighted by Gasteiger charge is 2.14. The molecule has 3 rings (SSSR count). The third-order valence-electron chi connectivity index (χ3n) is 3.59. The zero-order valence-corrected chi connectivity index (χ0v) is 11.9. The molecule has 0 amide bonds. The van der Waals surface area contributed by atoms with Gasteiger partial charge in [0.15, 0.2) is 12.6 Å². The molecule has 7 nitrogen and oxygen atoms in total. The van der Waals surface area contributed by atoms with Gasteiger partial charge in [0, 0.05) is 26.5 Å². The summed E-state index contributed by atoms with van der Waals surface area (Å²) in [7, 11) is 3.03. The molecular formula is C15H11N3O4. The third kappa shape index (κ3) is 1.79. The fourth-order valence-corrected chi connectivity index (χ4v) is 2.49. The summed E-state index contributed by atoms with van der Waals surface area (Å²) in [5.74, 6) is 0. The molecule has 3 heterocycles. The number of fused-ring (bicyclic) bond motifs is 2. The lowest BCUT2D eigenvalue weighted by atomic mass is 10.1. The van der Waals surface area contributed by atoms with Crippen LogP contribution in [0.5, 0.6) is 0 Å². The quantitative estimate of drug-likeness (QED) is 0.504. The van der Waals surface area contributed by atoms with E-state index >= 15 is 0 Å². The zero-order chi connectivity index (χ0) is 16.0. The average Bonchev–Trinajstić information content (AvgIpc) is 2.53. The monoisotopic (exact) mass is 297 g/mol. The molecule has 22 heavy (non-hydrogen) atoms. The topological polar surface area (TPSA) is 91.0 Å². The van der Waals surface area contributed by atoms with Crippen LogP contribution in [0, 0.1) is 0 Å². The molecule has 0 N–H and O–H groups in total. The highest BCUT2D eigenvalue weighted by Crippen LogP contribution is 2.19. The minimum Gasteiger partial charge on any atom is -0.317 e. The fraction of sp³-hybridized carbons (Fsp3) is 0.133. The minimum absolute atomic E-state index is 0.166. The molecule has 0 radical (unpaired) electrons. The molecule has 0 fully saturated rings. The Bertz CT molecular complexity index is 993. The molecule has 0 atom stereocenters. The summed E-state index contributed by atoms with van der Waals surface area (Å²) in [6.07, 6.45) is 3.92. The van der Waals surface area contributed by atoms with E-state index < -0.39 is 0 Å². The number of carbonyl (C=O) groups is 2. The summed E-state index contributed by atoms with van der Waals surface area (Å²) in [4.78, 5) is 51.1. The molecule has 0 aliphatic heterocycles. The predicted octanol–water partition coefficient (Wildman–Crippen LogP) is 0.410. The van der Waals surface area contributed by atoms with Gasteiger partial charge in [-0.05, 0) is 6.07 Å². The Kier molecular flexibility index (Phi) is 2.98. The van der Waals surface area contributed by atoms with Crippen LogP contribution >= 0.6 is 0 Å². The largest absolute Gasteiger partial charge is 0.317 e. The first-order chi connectivity index (χ1) is 10.5. The average molecular weight is 297 g/mol. The minimum atomic E-state index is -0.367. The summed E-state index contributed by atoms with van der Waals surface area (Å²) < 4.78 is 2.52. The van der Waals surface area contributed by atoms with Crippen LogP contribution in [0.3, 0.4) is 0 Å². The van der Waals surface area contributed by atoms with Crippen LogP contribution in [0.25, 0.3) is 21.8 Å². The number of aldehydes is 2. The summed E-state index contributed by atoms with van der Waals surface area (Å²) >= 11 is 0. The molecule has 0 saturated carbocycles. The number of aromatic nitrogens is 3. The number of hydrogen-bond acceptors (Lipinski definition) is 5. The number of nitrogens with zero attached hydrogens (tertiary/aromatic N) is 3. The molecule has 3 aromatic rings. The van der Waals surface area contributed by atoms with Crippen molar-refractivity contribution in [2.45, 2.75) is 0 Å². The van der Waals surface area contributed by atoms with Crippen LogP contribution in [0.1, 0.15) is 20.7 Å². The Hall–Kier alpha value is -3.09. The van der Waals surface area contributed by atoms with E-state index in [4.69, 9.17) is 0 Å². The second kappa shape index (κ2) is 4.73. The van der Waals surface area contributed by atoms with E-state index in [1.54, 1.807) is 0 Å². The molecule has 0 aromatic carbocycles. The van der Waals surface area contributed by atoms with E-state index in [0.29, 0.717) is 12.6 Å². The Morgan fingerprint density at radius 2 is 1.27 bits per heavy atom. The summed E-state index contributed by atoms with van der Waals surface area (Å²) in [5.41, 5.74) is 0.0686. The van der Waals surface area contributed by atoms with Gasteiger partial charge in [-0.2, -0.15) is 0 Å². The summed E-state index contributed by atoms with van der Waals surface area (Å²) in [5, 5.41) is 0.333. The Balaban J connectivity index is 2.69. The number of pyridine rings is 3. The van der Waals surface area contributed by atoms with Gasteiger partial charge in [-0.15, -0.1) is 0 Å². The van der Waals surface area contributed by atoms with Gasteiger partial charge in [0.2, 0.25) is 0 Å². The van der Waals surface area contributed by atoms with E-state index in [0.717, 1.165) is 0 Å². The standard InChI is InChI=1S/C15H11N3O4/c1-17-4-8(6-19)12-10(14(17)21)3-11-13(16-12)9(7-20)5-18(2)15(11)22/h3-7H,1-2H3. The molecule has 0 aliphatic carbocycles. The van der Waals surface area contributed by atoms with Crippen LogP contribution < -0.4 is 11.1 Å². The molecule has 110 valence electrons. The van der Waals surface area contributed by atoms with E-state index in [1.807, 2.05) is 0 Å². The first-order valence-corrected chi connectivity index (χ1v) is 6.42. The van der Waals surface area contributed by atoms with Crippen LogP contribution in [-0.2, 0) is 14.1 Å². The van der Waals surface area contributed by atoms with Crippen LogP contribution in [0.4, 0.5) is 0 Å². The molecule has 0 aliphatic rings. The lowest BCUT2D eigenvalue weighted by molar-refractivity contribution is 0.111. The maximum absolute atomic E-state index is 12.2. The van der Waals surface area contributed by atoms with Crippen molar-refractivity contribution in [1.29, 1.82) is 0 Å². The molecule has 7 heteroatoms. The molecule has 0 saturated heterocycles. The predicted molar refractivity (Wildman–Crippen MR) is 80.5 cm³/mol. The number of aryl methyl sites for hydroxylation is 2. The highest BCUT2D eigenvalue weighted by molar-refractivity contribution is 6.03. The van der Waals surface area contributed by atoms with Crippen LogP contribution in [-0.4, -0.2) is 26.7 Å². The molecule has 3 aromatic heterocycles. The first kappa shape index (κ1) is 13.9. The van der Waals surface area contributed by atoms with Gasteiger partial charge in [-0.1, -0.05) is 0 Å². The molecule has 0 unspecified atom stereocenters. The van der Waals surface area contributed by atoms with Gasteiger partial charge in [0.25, 0.3) is 11.1 Å². The summed E-state index contributed by atoms with van der Waals surface area (Å²) in [6.45, 7) is 0. The van der Waals surface area contributed by atoms with Crippen molar-refractivity contribution in [3.05, 3.63) is 50.3 Å². The Labute approximate surface area is 123 Å². The zero-order valence-electron chi connectivity index (χ0n) is 11.9. The smallest absolute Gasteiger partial charge is 0.259 e.